The minimum atomic E-state index is -0.390. The van der Waals surface area contributed by atoms with Crippen molar-refractivity contribution in [3.8, 4) is 10.6 Å². The highest BCUT2D eigenvalue weighted by molar-refractivity contribution is 7.19. The normalized spacial score (nSPS) is 14.5. The molecule has 1 saturated heterocycles. The third-order valence-corrected chi connectivity index (χ3v) is 6.78. The van der Waals surface area contributed by atoms with Gasteiger partial charge in [0.05, 0.1) is 5.69 Å². The molecule has 0 bridgehead atoms. The largest absolute Gasteiger partial charge is 0.322 e. The van der Waals surface area contributed by atoms with Crippen LogP contribution >= 0.6 is 11.3 Å². The highest BCUT2D eigenvalue weighted by atomic mass is 32.1. The van der Waals surface area contributed by atoms with Gasteiger partial charge in [-0.3, -0.25) is 9.69 Å². The molecule has 0 spiro atoms. The van der Waals surface area contributed by atoms with Crippen LogP contribution < -0.4 is 10.9 Å². The fraction of sp³-hybridized carbons (Fsp3) is 0.250. The lowest BCUT2D eigenvalue weighted by molar-refractivity contribution is 0.142. The van der Waals surface area contributed by atoms with E-state index >= 15 is 0 Å². The first-order valence-electron chi connectivity index (χ1n) is 11.0. The molecule has 1 aliphatic rings. The number of fused-ring (bicyclic) bond motifs is 1. The zero-order chi connectivity index (χ0) is 23.7. The molecule has 0 aliphatic carbocycles. The van der Waals surface area contributed by atoms with Gasteiger partial charge < -0.3 is 10.2 Å². The second-order valence-corrected chi connectivity index (χ2v) is 9.13. The summed E-state index contributed by atoms with van der Waals surface area (Å²) in [5.74, 6) is -0.390. The maximum Gasteiger partial charge on any atom is 0.321 e. The molecule has 8 nitrogen and oxygen atoms in total. The summed E-state index contributed by atoms with van der Waals surface area (Å²) in [5, 5.41) is 7.64. The van der Waals surface area contributed by atoms with Crippen LogP contribution in [0, 0.1) is 12.7 Å². The van der Waals surface area contributed by atoms with Gasteiger partial charge in [-0.2, -0.15) is 9.61 Å². The predicted octanol–water partition coefficient (Wildman–Crippen LogP) is 3.62. The topological polar surface area (TPSA) is 82.8 Å². The van der Waals surface area contributed by atoms with E-state index in [1.165, 1.54) is 28.0 Å². The lowest BCUT2D eigenvalue weighted by Crippen LogP contribution is -2.49. The summed E-state index contributed by atoms with van der Waals surface area (Å²) in [6.07, 6.45) is 0. The van der Waals surface area contributed by atoms with Gasteiger partial charge in [-0.05, 0) is 30.7 Å². The Morgan fingerprint density at radius 2 is 1.82 bits per heavy atom. The molecule has 1 fully saturated rings. The Morgan fingerprint density at radius 1 is 1.09 bits per heavy atom. The van der Waals surface area contributed by atoms with E-state index in [1.54, 1.807) is 23.1 Å². The molecule has 2 aromatic heterocycles. The van der Waals surface area contributed by atoms with Crippen LogP contribution in [-0.4, -0.2) is 56.6 Å². The van der Waals surface area contributed by atoms with Gasteiger partial charge >= 0.3 is 6.03 Å². The van der Waals surface area contributed by atoms with E-state index in [9.17, 15) is 14.0 Å². The summed E-state index contributed by atoms with van der Waals surface area (Å²) in [4.78, 5) is 34.2. The first-order valence-corrected chi connectivity index (χ1v) is 11.8. The molecule has 2 aromatic carbocycles. The Bertz CT molecular complexity index is 1410. The van der Waals surface area contributed by atoms with Crippen molar-refractivity contribution in [1.29, 1.82) is 0 Å². The van der Waals surface area contributed by atoms with Crippen molar-refractivity contribution in [2.24, 2.45) is 0 Å². The zero-order valence-corrected chi connectivity index (χ0v) is 19.4. The number of amides is 2. The highest BCUT2D eigenvalue weighted by Crippen LogP contribution is 2.26. The lowest BCUT2D eigenvalue weighted by atomic mass is 10.2. The minimum absolute atomic E-state index is 0.114. The van der Waals surface area contributed by atoms with Crippen LogP contribution in [0.15, 0.2) is 59.4 Å². The number of aromatic nitrogens is 3. The first-order chi connectivity index (χ1) is 16.5. The predicted molar refractivity (Wildman–Crippen MR) is 130 cm³/mol. The standard InChI is InChI=1S/C24H23FN6O2S/c1-16-6-2-5-9-20(16)27-23(33)30-12-10-29(11-13-30)15-17-14-21(32)31-24(26-17)34-22(28-31)18-7-3-4-8-19(18)25/h2-9,14H,10-13,15H2,1H3,(H,27,33). The molecule has 0 unspecified atom stereocenters. The molecule has 10 heteroatoms. The van der Waals surface area contributed by atoms with Gasteiger partial charge in [-0.1, -0.05) is 41.7 Å². The molecule has 0 saturated carbocycles. The molecule has 0 radical (unpaired) electrons. The van der Waals surface area contributed by atoms with E-state index in [0.29, 0.717) is 53.9 Å². The number of benzene rings is 2. The average molecular weight is 479 g/mol. The number of rotatable bonds is 4. The Hall–Kier alpha value is -3.63. The van der Waals surface area contributed by atoms with Gasteiger partial charge in [0.2, 0.25) is 4.96 Å². The Balaban J connectivity index is 1.25. The smallest absolute Gasteiger partial charge is 0.321 e. The Morgan fingerprint density at radius 3 is 2.59 bits per heavy atom. The highest BCUT2D eigenvalue weighted by Gasteiger charge is 2.22. The van der Waals surface area contributed by atoms with Crippen molar-refractivity contribution in [1.82, 2.24) is 24.4 Å². The van der Waals surface area contributed by atoms with Crippen molar-refractivity contribution in [2.45, 2.75) is 13.5 Å². The number of hydrogen-bond acceptors (Lipinski definition) is 6. The quantitative estimate of drug-likeness (QED) is 0.485. The number of aryl methyl sites for hydroxylation is 1. The van der Waals surface area contributed by atoms with Gasteiger partial charge in [-0.25, -0.2) is 14.2 Å². The maximum atomic E-state index is 14.1. The van der Waals surface area contributed by atoms with E-state index in [-0.39, 0.29) is 17.4 Å². The summed E-state index contributed by atoms with van der Waals surface area (Å²) in [6.45, 7) is 4.96. The molecular weight excluding hydrogens is 455 g/mol. The van der Waals surface area contributed by atoms with Crippen LogP contribution in [-0.2, 0) is 6.54 Å². The molecule has 4 aromatic rings. The van der Waals surface area contributed by atoms with E-state index in [2.05, 4.69) is 20.3 Å². The number of urea groups is 1. The molecule has 2 amide bonds. The van der Waals surface area contributed by atoms with Gasteiger partial charge in [-0.15, -0.1) is 0 Å². The van der Waals surface area contributed by atoms with Gasteiger partial charge in [0.1, 0.15) is 5.82 Å². The van der Waals surface area contributed by atoms with Crippen molar-refractivity contribution in [3.63, 3.8) is 0 Å². The van der Waals surface area contributed by atoms with Gasteiger partial charge in [0, 0.05) is 50.0 Å². The van der Waals surface area contributed by atoms with Crippen LogP contribution in [0.4, 0.5) is 14.9 Å². The van der Waals surface area contributed by atoms with E-state index < -0.39 is 0 Å². The van der Waals surface area contributed by atoms with Crippen molar-refractivity contribution in [2.75, 3.05) is 31.5 Å². The Kier molecular flexibility index (Phi) is 6.08. The van der Waals surface area contributed by atoms with Crippen LogP contribution in [0.3, 0.4) is 0 Å². The zero-order valence-electron chi connectivity index (χ0n) is 18.6. The second kappa shape index (κ2) is 9.32. The van der Waals surface area contributed by atoms with Crippen LogP contribution in [0.1, 0.15) is 11.3 Å². The Labute approximate surface area is 199 Å². The lowest BCUT2D eigenvalue weighted by Gasteiger charge is -2.34. The number of piperazine rings is 1. The molecular formula is C24H23FN6O2S. The number of anilines is 1. The third kappa shape index (κ3) is 4.55. The number of carbonyl (C=O) groups excluding carboxylic acids is 1. The minimum Gasteiger partial charge on any atom is -0.322 e. The summed E-state index contributed by atoms with van der Waals surface area (Å²) in [5.41, 5.74) is 2.51. The summed E-state index contributed by atoms with van der Waals surface area (Å²) < 4.78 is 15.4. The number of halogens is 1. The number of nitrogens with one attached hydrogen (secondary N) is 1. The summed E-state index contributed by atoms with van der Waals surface area (Å²) in [6, 6.07) is 15.4. The molecule has 3 heterocycles. The number of nitrogens with zero attached hydrogens (tertiary/aromatic N) is 5. The van der Waals surface area contributed by atoms with Crippen molar-refractivity contribution in [3.05, 3.63) is 82.0 Å². The molecule has 1 aliphatic heterocycles. The third-order valence-electron chi connectivity index (χ3n) is 5.83. The second-order valence-electron chi connectivity index (χ2n) is 8.18. The van der Waals surface area contributed by atoms with Crippen LogP contribution in [0.2, 0.25) is 0 Å². The number of para-hydroxylation sites is 1. The molecule has 0 atom stereocenters. The first kappa shape index (κ1) is 22.2. The van der Waals surface area contributed by atoms with Crippen molar-refractivity contribution < 1.29 is 9.18 Å². The summed E-state index contributed by atoms with van der Waals surface area (Å²) >= 11 is 1.18. The van der Waals surface area contributed by atoms with Gasteiger partial charge in [0.25, 0.3) is 5.56 Å². The molecule has 174 valence electrons. The molecule has 34 heavy (non-hydrogen) atoms. The van der Waals surface area contributed by atoms with Crippen molar-refractivity contribution >= 4 is 28.0 Å². The molecule has 5 rings (SSSR count). The average Bonchev–Trinajstić information content (AvgIpc) is 3.26. The van der Waals surface area contributed by atoms with E-state index in [0.717, 1.165) is 11.3 Å². The van der Waals surface area contributed by atoms with E-state index in [4.69, 9.17) is 0 Å². The number of carbonyl (C=O) groups is 1. The fourth-order valence-corrected chi connectivity index (χ4v) is 4.88. The van der Waals surface area contributed by atoms with Gasteiger partial charge in [0.15, 0.2) is 5.01 Å². The monoisotopic (exact) mass is 478 g/mol. The van der Waals surface area contributed by atoms with E-state index in [1.807, 2.05) is 31.2 Å². The van der Waals surface area contributed by atoms with Crippen LogP contribution in [0.5, 0.6) is 0 Å². The maximum absolute atomic E-state index is 14.1. The SMILES string of the molecule is Cc1ccccc1NC(=O)N1CCN(Cc2cc(=O)n3nc(-c4ccccc4F)sc3n2)CC1. The number of hydrogen-bond donors (Lipinski definition) is 1. The fourth-order valence-electron chi connectivity index (χ4n) is 3.93. The van der Waals surface area contributed by atoms with Crippen LogP contribution in [0.25, 0.3) is 15.5 Å². The molecule has 1 N–H and O–H groups in total. The summed E-state index contributed by atoms with van der Waals surface area (Å²) in [7, 11) is 0.